The normalized spacial score (nSPS) is 16.9. The van der Waals surface area contributed by atoms with Crippen LogP contribution in [0.25, 0.3) is 0 Å². The van der Waals surface area contributed by atoms with Crippen LogP contribution in [0.3, 0.4) is 0 Å². The van der Waals surface area contributed by atoms with Crippen LogP contribution in [-0.2, 0) is 21.4 Å². The van der Waals surface area contributed by atoms with Crippen molar-refractivity contribution in [3.05, 3.63) is 58.6 Å². The van der Waals surface area contributed by atoms with E-state index in [4.69, 9.17) is 0 Å². The summed E-state index contributed by atoms with van der Waals surface area (Å²) in [6.07, 6.45) is 3.60. The van der Waals surface area contributed by atoms with Crippen molar-refractivity contribution in [2.45, 2.75) is 26.3 Å². The molecule has 0 bridgehead atoms. The van der Waals surface area contributed by atoms with Gasteiger partial charge >= 0.3 is 0 Å². The van der Waals surface area contributed by atoms with Crippen LogP contribution in [0.15, 0.2) is 53.0 Å². The van der Waals surface area contributed by atoms with Gasteiger partial charge in [0.05, 0.1) is 11.9 Å². The van der Waals surface area contributed by atoms with E-state index in [0.717, 1.165) is 33.7 Å². The lowest BCUT2D eigenvalue weighted by atomic mass is 9.99. The fraction of sp³-hybridized carbons (Fsp3) is 0.409. The zero-order valence-electron chi connectivity index (χ0n) is 17.3. The van der Waals surface area contributed by atoms with E-state index in [1.807, 2.05) is 12.1 Å². The van der Waals surface area contributed by atoms with E-state index < -0.39 is 10.0 Å². The summed E-state index contributed by atoms with van der Waals surface area (Å²) in [5, 5.41) is 2.82. The lowest BCUT2D eigenvalue weighted by molar-refractivity contribution is -0.119. The smallest absolute Gasteiger partial charge is 0.241 e. The van der Waals surface area contributed by atoms with E-state index in [-0.39, 0.29) is 12.5 Å². The number of rotatable bonds is 7. The summed E-state index contributed by atoms with van der Waals surface area (Å²) in [5.41, 5.74) is 2.63. The molecule has 1 N–H and O–H groups in total. The van der Waals surface area contributed by atoms with Crippen LogP contribution >= 0.6 is 15.9 Å². The van der Waals surface area contributed by atoms with E-state index in [1.165, 1.54) is 18.5 Å². The van der Waals surface area contributed by atoms with Crippen molar-refractivity contribution in [1.82, 2.24) is 5.32 Å². The van der Waals surface area contributed by atoms with Gasteiger partial charge in [0, 0.05) is 29.8 Å². The van der Waals surface area contributed by atoms with Gasteiger partial charge in [-0.25, -0.2) is 8.42 Å². The third-order valence-corrected chi connectivity index (χ3v) is 6.87. The Hall–Kier alpha value is -2.06. The van der Waals surface area contributed by atoms with Crippen LogP contribution in [0.5, 0.6) is 0 Å². The van der Waals surface area contributed by atoms with Crippen molar-refractivity contribution in [2.24, 2.45) is 5.92 Å². The number of amides is 1. The number of hydrogen-bond donors (Lipinski definition) is 1. The average Bonchev–Trinajstić information content (AvgIpc) is 2.70. The van der Waals surface area contributed by atoms with Crippen LogP contribution in [0.4, 0.5) is 11.4 Å². The first-order valence-electron chi connectivity index (χ1n) is 10.1. The second-order valence-corrected chi connectivity index (χ2v) is 10.7. The van der Waals surface area contributed by atoms with Gasteiger partial charge in [-0.3, -0.25) is 9.10 Å². The molecule has 0 aromatic heterocycles. The topological polar surface area (TPSA) is 69.7 Å². The van der Waals surface area contributed by atoms with Gasteiger partial charge in [0.15, 0.2) is 0 Å². The number of nitrogens with zero attached hydrogens (tertiary/aromatic N) is 2. The highest BCUT2D eigenvalue weighted by Crippen LogP contribution is 2.24. The summed E-state index contributed by atoms with van der Waals surface area (Å²) in [6, 6.07) is 15.1. The molecule has 1 amide bonds. The number of sulfonamides is 1. The zero-order valence-corrected chi connectivity index (χ0v) is 19.7. The molecule has 1 heterocycles. The minimum Gasteiger partial charge on any atom is -0.371 e. The molecule has 0 radical (unpaired) electrons. The second kappa shape index (κ2) is 9.83. The molecule has 2 aromatic rings. The molecule has 2 aromatic carbocycles. The van der Waals surface area contributed by atoms with Gasteiger partial charge in [-0.1, -0.05) is 41.1 Å². The van der Waals surface area contributed by atoms with Crippen molar-refractivity contribution in [3.8, 4) is 0 Å². The lowest BCUT2D eigenvalue weighted by Crippen LogP contribution is -2.40. The summed E-state index contributed by atoms with van der Waals surface area (Å²) in [5.74, 6) is 0.357. The third kappa shape index (κ3) is 6.22. The maximum atomic E-state index is 12.4. The summed E-state index contributed by atoms with van der Waals surface area (Å²) in [4.78, 5) is 14.8. The maximum absolute atomic E-state index is 12.4. The van der Waals surface area contributed by atoms with Gasteiger partial charge in [-0.15, -0.1) is 0 Å². The van der Waals surface area contributed by atoms with E-state index in [9.17, 15) is 13.2 Å². The number of hydrogen-bond acceptors (Lipinski definition) is 4. The Morgan fingerprint density at radius 1 is 1.23 bits per heavy atom. The highest BCUT2D eigenvalue weighted by atomic mass is 79.9. The molecule has 8 heteroatoms. The van der Waals surface area contributed by atoms with Crippen molar-refractivity contribution in [2.75, 3.05) is 35.1 Å². The van der Waals surface area contributed by atoms with Crippen LogP contribution in [-0.4, -0.2) is 40.2 Å². The Balaban J connectivity index is 1.59. The first kappa shape index (κ1) is 22.6. The first-order valence-corrected chi connectivity index (χ1v) is 12.7. The molecular weight excluding hydrogens is 466 g/mol. The van der Waals surface area contributed by atoms with Gasteiger partial charge in [0.2, 0.25) is 15.9 Å². The number of carbonyl (C=O) groups is 1. The lowest BCUT2D eigenvalue weighted by Gasteiger charge is -2.32. The van der Waals surface area contributed by atoms with Gasteiger partial charge < -0.3 is 10.2 Å². The number of piperidine rings is 1. The molecular formula is C22H28BrN3O3S. The van der Waals surface area contributed by atoms with Crippen molar-refractivity contribution in [3.63, 3.8) is 0 Å². The average molecular weight is 494 g/mol. The van der Waals surface area contributed by atoms with Crippen LogP contribution in [0, 0.1) is 5.92 Å². The second-order valence-electron chi connectivity index (χ2n) is 7.89. The highest BCUT2D eigenvalue weighted by Gasteiger charge is 2.21. The number of benzene rings is 2. The number of halogens is 1. The Morgan fingerprint density at radius 3 is 2.60 bits per heavy atom. The molecule has 1 saturated heterocycles. The summed E-state index contributed by atoms with van der Waals surface area (Å²) >= 11 is 3.34. The van der Waals surface area contributed by atoms with Crippen molar-refractivity contribution < 1.29 is 13.2 Å². The summed E-state index contributed by atoms with van der Waals surface area (Å²) in [7, 11) is -3.59. The number of nitrogens with one attached hydrogen (secondary N) is 1. The molecule has 1 fully saturated rings. The molecule has 0 spiro atoms. The Kier molecular flexibility index (Phi) is 7.41. The molecule has 3 rings (SSSR count). The van der Waals surface area contributed by atoms with Gasteiger partial charge in [-0.2, -0.15) is 0 Å². The predicted octanol–water partition coefficient (Wildman–Crippen LogP) is 3.77. The highest BCUT2D eigenvalue weighted by molar-refractivity contribution is 9.10. The minimum absolute atomic E-state index is 0.265. The summed E-state index contributed by atoms with van der Waals surface area (Å²) in [6.45, 7) is 4.53. The van der Waals surface area contributed by atoms with Crippen LogP contribution in [0.2, 0.25) is 0 Å². The Morgan fingerprint density at radius 2 is 1.97 bits per heavy atom. The molecule has 1 aliphatic rings. The molecule has 30 heavy (non-hydrogen) atoms. The fourth-order valence-electron chi connectivity index (χ4n) is 3.67. The molecule has 162 valence electrons. The standard InChI is InChI=1S/C22H28BrN3O3S/c1-17-5-4-12-25(15-17)20-10-8-18(9-11-20)14-24-22(27)16-26(30(2,28)29)21-7-3-6-19(23)13-21/h3,6-11,13,17H,4-5,12,14-16H2,1-2H3,(H,24,27). The Labute approximate surface area is 187 Å². The SMILES string of the molecule is CC1CCCN(c2ccc(CNC(=O)CN(c3cccc(Br)c3)S(C)(=O)=O)cc2)C1. The summed E-state index contributed by atoms with van der Waals surface area (Å²) < 4.78 is 26.2. The number of carbonyl (C=O) groups excluding carboxylic acids is 1. The van der Waals surface area contributed by atoms with Gasteiger partial charge in [0.1, 0.15) is 6.54 Å². The first-order chi connectivity index (χ1) is 14.2. The fourth-order valence-corrected chi connectivity index (χ4v) is 4.90. The van der Waals surface area contributed by atoms with E-state index in [2.05, 4.69) is 45.2 Å². The molecule has 1 unspecified atom stereocenters. The molecule has 1 atom stereocenters. The molecule has 0 aliphatic carbocycles. The molecule has 6 nitrogen and oxygen atoms in total. The minimum atomic E-state index is -3.59. The Bertz CT molecular complexity index is 979. The molecule has 0 saturated carbocycles. The quantitative estimate of drug-likeness (QED) is 0.637. The van der Waals surface area contributed by atoms with E-state index in [0.29, 0.717) is 18.2 Å². The van der Waals surface area contributed by atoms with E-state index in [1.54, 1.807) is 24.3 Å². The molecule has 1 aliphatic heterocycles. The van der Waals surface area contributed by atoms with Gasteiger partial charge in [0.25, 0.3) is 0 Å². The largest absolute Gasteiger partial charge is 0.371 e. The zero-order chi connectivity index (χ0) is 21.7. The number of anilines is 2. The van der Waals surface area contributed by atoms with Crippen molar-refractivity contribution in [1.29, 1.82) is 0 Å². The van der Waals surface area contributed by atoms with Crippen molar-refractivity contribution >= 4 is 43.2 Å². The van der Waals surface area contributed by atoms with Gasteiger partial charge in [-0.05, 0) is 54.7 Å². The maximum Gasteiger partial charge on any atom is 0.241 e. The monoisotopic (exact) mass is 493 g/mol. The van der Waals surface area contributed by atoms with Crippen LogP contribution < -0.4 is 14.5 Å². The third-order valence-electron chi connectivity index (χ3n) is 5.23. The van der Waals surface area contributed by atoms with E-state index >= 15 is 0 Å². The predicted molar refractivity (Wildman–Crippen MR) is 125 cm³/mol. The van der Waals surface area contributed by atoms with Crippen LogP contribution in [0.1, 0.15) is 25.3 Å².